The second-order valence-corrected chi connectivity index (χ2v) is 4.85. The van der Waals surface area contributed by atoms with Gasteiger partial charge < -0.3 is 15.0 Å². The minimum atomic E-state index is 0.704. The summed E-state index contributed by atoms with van der Waals surface area (Å²) in [6.45, 7) is 6.66. The Kier molecular flexibility index (Phi) is 7.65. The van der Waals surface area contributed by atoms with Gasteiger partial charge in [0.05, 0.1) is 13.2 Å². The molecule has 18 heavy (non-hydrogen) atoms. The maximum Gasteiger partial charge on any atom is 0.0717 e. The van der Waals surface area contributed by atoms with Crippen molar-refractivity contribution in [2.75, 3.05) is 33.8 Å². The van der Waals surface area contributed by atoms with E-state index in [2.05, 4.69) is 55.5 Å². The summed E-state index contributed by atoms with van der Waals surface area (Å²) >= 11 is 0. The average Bonchev–Trinajstić information content (AvgIpc) is 2.35. The predicted molar refractivity (Wildman–Crippen MR) is 76.6 cm³/mol. The lowest BCUT2D eigenvalue weighted by Gasteiger charge is -2.10. The Labute approximate surface area is 111 Å². The highest BCUT2D eigenvalue weighted by Gasteiger charge is 1.97. The van der Waals surface area contributed by atoms with E-state index in [1.807, 2.05) is 0 Å². The van der Waals surface area contributed by atoms with Gasteiger partial charge in [-0.3, -0.25) is 0 Å². The Bertz CT molecular complexity index is 326. The molecule has 0 saturated carbocycles. The molecule has 0 aliphatic rings. The van der Waals surface area contributed by atoms with Crippen molar-refractivity contribution in [2.45, 2.75) is 26.5 Å². The van der Waals surface area contributed by atoms with Crippen LogP contribution in [0.3, 0.4) is 0 Å². The molecule has 102 valence electrons. The zero-order chi connectivity index (χ0) is 13.2. The lowest BCUT2D eigenvalue weighted by atomic mass is 10.1. The van der Waals surface area contributed by atoms with Gasteiger partial charge in [-0.05, 0) is 38.2 Å². The third kappa shape index (κ3) is 6.74. The van der Waals surface area contributed by atoms with Crippen LogP contribution >= 0.6 is 0 Å². The first-order valence-corrected chi connectivity index (χ1v) is 6.73. The van der Waals surface area contributed by atoms with Crippen molar-refractivity contribution in [3.05, 3.63) is 35.4 Å². The van der Waals surface area contributed by atoms with Crippen LogP contribution in [-0.4, -0.2) is 38.7 Å². The summed E-state index contributed by atoms with van der Waals surface area (Å²) < 4.78 is 5.65. The van der Waals surface area contributed by atoms with Crippen molar-refractivity contribution in [3.63, 3.8) is 0 Å². The van der Waals surface area contributed by atoms with Crippen molar-refractivity contribution < 1.29 is 4.74 Å². The largest absolute Gasteiger partial charge is 0.375 e. The molecule has 0 atom stereocenters. The maximum atomic E-state index is 5.65. The van der Waals surface area contributed by atoms with Crippen molar-refractivity contribution >= 4 is 0 Å². The fourth-order valence-electron chi connectivity index (χ4n) is 1.68. The molecular weight excluding hydrogens is 224 g/mol. The topological polar surface area (TPSA) is 24.5 Å². The van der Waals surface area contributed by atoms with Gasteiger partial charge in [0, 0.05) is 13.1 Å². The van der Waals surface area contributed by atoms with E-state index < -0.39 is 0 Å². The van der Waals surface area contributed by atoms with Gasteiger partial charge in [0.2, 0.25) is 0 Å². The van der Waals surface area contributed by atoms with E-state index in [9.17, 15) is 0 Å². The number of nitrogens with zero attached hydrogens (tertiary/aromatic N) is 1. The lowest BCUT2D eigenvalue weighted by Crippen LogP contribution is -2.18. The van der Waals surface area contributed by atoms with Crippen LogP contribution in [0.15, 0.2) is 24.3 Å². The first-order chi connectivity index (χ1) is 8.72. The molecule has 0 saturated heterocycles. The number of nitrogens with one attached hydrogen (secondary N) is 1. The van der Waals surface area contributed by atoms with E-state index in [0.717, 1.165) is 26.2 Å². The minimum absolute atomic E-state index is 0.704. The molecule has 0 amide bonds. The highest BCUT2D eigenvalue weighted by molar-refractivity contribution is 5.22. The summed E-state index contributed by atoms with van der Waals surface area (Å²) in [5.74, 6) is 0. The summed E-state index contributed by atoms with van der Waals surface area (Å²) in [4.78, 5) is 2.13. The predicted octanol–water partition coefficient (Wildman–Crippen LogP) is 2.26. The summed E-state index contributed by atoms with van der Waals surface area (Å²) in [5.41, 5.74) is 2.58. The normalized spacial score (nSPS) is 11.1. The SMILES string of the molecule is CCCNCc1cccc(COCCN(C)C)c1. The summed E-state index contributed by atoms with van der Waals surface area (Å²) in [5, 5.41) is 3.41. The smallest absolute Gasteiger partial charge is 0.0717 e. The molecule has 1 N–H and O–H groups in total. The number of hydrogen-bond acceptors (Lipinski definition) is 3. The number of likely N-dealkylation sites (N-methyl/N-ethyl adjacent to an activating group) is 1. The van der Waals surface area contributed by atoms with Gasteiger partial charge in [0.15, 0.2) is 0 Å². The molecule has 0 unspecified atom stereocenters. The molecule has 0 bridgehead atoms. The Hall–Kier alpha value is -0.900. The molecule has 3 heteroatoms. The van der Waals surface area contributed by atoms with Crippen molar-refractivity contribution in [3.8, 4) is 0 Å². The standard InChI is InChI=1S/C15H26N2O/c1-4-8-16-12-14-6-5-7-15(11-14)13-18-10-9-17(2)3/h5-7,11,16H,4,8-10,12-13H2,1-3H3. The van der Waals surface area contributed by atoms with Gasteiger partial charge >= 0.3 is 0 Å². The molecule has 0 aliphatic heterocycles. The van der Waals surface area contributed by atoms with E-state index in [1.165, 1.54) is 17.5 Å². The van der Waals surface area contributed by atoms with Gasteiger partial charge in [-0.1, -0.05) is 31.2 Å². The molecule has 0 spiro atoms. The van der Waals surface area contributed by atoms with Crippen LogP contribution in [0, 0.1) is 0 Å². The first-order valence-electron chi connectivity index (χ1n) is 6.73. The van der Waals surface area contributed by atoms with Crippen LogP contribution in [0.2, 0.25) is 0 Å². The molecule has 0 fully saturated rings. The van der Waals surface area contributed by atoms with E-state index in [0.29, 0.717) is 6.61 Å². The van der Waals surface area contributed by atoms with Gasteiger partial charge in [0.1, 0.15) is 0 Å². The zero-order valence-electron chi connectivity index (χ0n) is 11.9. The van der Waals surface area contributed by atoms with Gasteiger partial charge in [-0.15, -0.1) is 0 Å². The van der Waals surface area contributed by atoms with Crippen LogP contribution in [0.4, 0.5) is 0 Å². The van der Waals surface area contributed by atoms with Crippen LogP contribution in [-0.2, 0) is 17.9 Å². The van der Waals surface area contributed by atoms with Crippen LogP contribution in [0.5, 0.6) is 0 Å². The number of rotatable bonds is 9. The van der Waals surface area contributed by atoms with Crippen molar-refractivity contribution in [2.24, 2.45) is 0 Å². The number of hydrogen-bond donors (Lipinski definition) is 1. The van der Waals surface area contributed by atoms with Crippen LogP contribution in [0.25, 0.3) is 0 Å². The Morgan fingerprint density at radius 3 is 2.72 bits per heavy atom. The number of ether oxygens (including phenoxy) is 1. The third-order valence-electron chi connectivity index (χ3n) is 2.70. The molecule has 0 heterocycles. The fourth-order valence-corrected chi connectivity index (χ4v) is 1.68. The molecule has 1 aromatic rings. The van der Waals surface area contributed by atoms with E-state index in [1.54, 1.807) is 0 Å². The quantitative estimate of drug-likeness (QED) is 0.680. The van der Waals surface area contributed by atoms with Gasteiger partial charge in [-0.25, -0.2) is 0 Å². The van der Waals surface area contributed by atoms with Crippen LogP contribution < -0.4 is 5.32 Å². The maximum absolute atomic E-state index is 5.65. The summed E-state index contributed by atoms with van der Waals surface area (Å²) in [6.07, 6.45) is 1.17. The number of benzene rings is 1. The average molecular weight is 250 g/mol. The Balaban J connectivity index is 2.30. The second kappa shape index (κ2) is 9.09. The lowest BCUT2D eigenvalue weighted by molar-refractivity contribution is 0.105. The highest BCUT2D eigenvalue weighted by atomic mass is 16.5. The molecule has 0 aliphatic carbocycles. The minimum Gasteiger partial charge on any atom is -0.375 e. The van der Waals surface area contributed by atoms with Crippen molar-refractivity contribution in [1.82, 2.24) is 10.2 Å². The first kappa shape index (κ1) is 15.2. The molecular formula is C15H26N2O. The highest BCUT2D eigenvalue weighted by Crippen LogP contribution is 2.06. The summed E-state index contributed by atoms with van der Waals surface area (Å²) in [7, 11) is 4.12. The van der Waals surface area contributed by atoms with Gasteiger partial charge in [0.25, 0.3) is 0 Å². The van der Waals surface area contributed by atoms with E-state index in [-0.39, 0.29) is 0 Å². The molecule has 1 rings (SSSR count). The van der Waals surface area contributed by atoms with Gasteiger partial charge in [-0.2, -0.15) is 0 Å². The molecule has 0 aromatic heterocycles. The monoisotopic (exact) mass is 250 g/mol. The molecule has 3 nitrogen and oxygen atoms in total. The Morgan fingerprint density at radius 2 is 2.00 bits per heavy atom. The van der Waals surface area contributed by atoms with Crippen molar-refractivity contribution in [1.29, 1.82) is 0 Å². The fraction of sp³-hybridized carbons (Fsp3) is 0.600. The van der Waals surface area contributed by atoms with Crippen LogP contribution in [0.1, 0.15) is 24.5 Å². The zero-order valence-corrected chi connectivity index (χ0v) is 11.9. The Morgan fingerprint density at radius 1 is 1.22 bits per heavy atom. The van der Waals surface area contributed by atoms with E-state index >= 15 is 0 Å². The third-order valence-corrected chi connectivity index (χ3v) is 2.70. The van der Waals surface area contributed by atoms with E-state index in [4.69, 9.17) is 4.74 Å². The molecule has 0 radical (unpaired) electrons. The molecule has 1 aromatic carbocycles. The summed E-state index contributed by atoms with van der Waals surface area (Å²) in [6, 6.07) is 8.61. The second-order valence-electron chi connectivity index (χ2n) is 4.85.